The lowest BCUT2D eigenvalue weighted by molar-refractivity contribution is -0.130. The molecule has 2 heterocycles. The number of benzene rings is 2. The van der Waals surface area contributed by atoms with Crippen LogP contribution in [-0.4, -0.2) is 27.5 Å². The van der Waals surface area contributed by atoms with Crippen molar-refractivity contribution >= 4 is 11.9 Å². The van der Waals surface area contributed by atoms with Crippen LogP contribution in [0.4, 0.5) is 4.39 Å². The van der Waals surface area contributed by atoms with Gasteiger partial charge in [0.25, 0.3) is 5.91 Å². The van der Waals surface area contributed by atoms with Gasteiger partial charge in [0.05, 0.1) is 5.56 Å². The van der Waals surface area contributed by atoms with Crippen LogP contribution in [0.1, 0.15) is 33.4 Å². The monoisotopic (exact) mass is 379 g/mol. The normalized spacial score (nSPS) is 16.8. The van der Waals surface area contributed by atoms with Gasteiger partial charge in [-0.2, -0.15) is 0 Å². The number of carbonyl (C=O) groups is 2. The quantitative estimate of drug-likeness (QED) is 0.707. The standard InChI is InChI=1S/C21H18FN3O3/c1-25-10-9-23-19(25)18(14-6-4-7-15(22)11-14)24-20(26)17-12-13-5-2-3-8-16(13)21(27)28-17/h2-11,17-18H,12H2,1H3,(H,24,26)/t17-,18+/m1/s1. The van der Waals surface area contributed by atoms with Gasteiger partial charge in [-0.05, 0) is 29.3 Å². The Kier molecular flexibility index (Phi) is 4.65. The molecule has 0 fully saturated rings. The van der Waals surface area contributed by atoms with Crippen LogP contribution in [0.3, 0.4) is 0 Å². The zero-order chi connectivity index (χ0) is 19.7. The highest BCUT2D eigenvalue weighted by molar-refractivity contribution is 5.95. The molecule has 0 unspecified atom stereocenters. The maximum Gasteiger partial charge on any atom is 0.339 e. The molecule has 1 amide bonds. The Morgan fingerprint density at radius 3 is 2.86 bits per heavy atom. The highest BCUT2D eigenvalue weighted by Gasteiger charge is 2.33. The molecular formula is C21H18FN3O3. The fraction of sp³-hybridized carbons (Fsp3) is 0.190. The molecule has 6 nitrogen and oxygen atoms in total. The molecule has 1 aliphatic rings. The predicted octanol–water partition coefficient (Wildman–Crippen LogP) is 2.55. The van der Waals surface area contributed by atoms with Crippen LogP contribution in [0.15, 0.2) is 60.9 Å². The lowest BCUT2D eigenvalue weighted by atomic mass is 9.97. The zero-order valence-electron chi connectivity index (χ0n) is 15.1. The fourth-order valence-electron chi connectivity index (χ4n) is 3.35. The van der Waals surface area contributed by atoms with Crippen LogP contribution >= 0.6 is 0 Å². The predicted molar refractivity (Wildman–Crippen MR) is 98.9 cm³/mol. The fourth-order valence-corrected chi connectivity index (χ4v) is 3.35. The summed E-state index contributed by atoms with van der Waals surface area (Å²) in [4.78, 5) is 29.4. The first-order valence-electron chi connectivity index (χ1n) is 8.85. The Morgan fingerprint density at radius 1 is 1.29 bits per heavy atom. The van der Waals surface area contributed by atoms with E-state index in [1.165, 1.54) is 12.1 Å². The number of amides is 1. The number of nitrogens with zero attached hydrogens (tertiary/aromatic N) is 2. The second kappa shape index (κ2) is 7.26. The zero-order valence-corrected chi connectivity index (χ0v) is 15.1. The second-order valence-corrected chi connectivity index (χ2v) is 6.65. The number of esters is 1. The van der Waals surface area contributed by atoms with Crippen molar-refractivity contribution in [3.05, 3.63) is 89.3 Å². The average Bonchev–Trinajstić information content (AvgIpc) is 3.11. The summed E-state index contributed by atoms with van der Waals surface area (Å²) < 4.78 is 20.8. The Hall–Kier alpha value is -3.48. The van der Waals surface area contributed by atoms with Gasteiger partial charge in [-0.3, -0.25) is 4.79 Å². The van der Waals surface area contributed by atoms with Crippen LogP contribution in [0.2, 0.25) is 0 Å². The number of ether oxygens (including phenoxy) is 1. The summed E-state index contributed by atoms with van der Waals surface area (Å²) >= 11 is 0. The van der Waals surface area contributed by atoms with Gasteiger partial charge >= 0.3 is 5.97 Å². The Balaban J connectivity index is 1.62. The highest BCUT2D eigenvalue weighted by atomic mass is 19.1. The van der Waals surface area contributed by atoms with Crippen LogP contribution in [0, 0.1) is 5.82 Å². The van der Waals surface area contributed by atoms with Gasteiger partial charge in [-0.1, -0.05) is 30.3 Å². The summed E-state index contributed by atoms with van der Waals surface area (Å²) in [5.41, 5.74) is 1.78. The minimum Gasteiger partial charge on any atom is -0.448 e. The summed E-state index contributed by atoms with van der Waals surface area (Å²) in [5.74, 6) is -0.855. The molecule has 0 spiro atoms. The molecule has 1 aliphatic heterocycles. The summed E-state index contributed by atoms with van der Waals surface area (Å²) in [6.07, 6.45) is 2.67. The largest absolute Gasteiger partial charge is 0.448 e. The van der Waals surface area contributed by atoms with Crippen molar-refractivity contribution in [3.63, 3.8) is 0 Å². The lowest BCUT2D eigenvalue weighted by Crippen LogP contribution is -2.43. The molecule has 142 valence electrons. The number of carbonyl (C=O) groups excluding carboxylic acids is 2. The minimum atomic E-state index is -0.960. The molecule has 7 heteroatoms. The molecule has 1 aromatic heterocycles. The third-order valence-corrected chi connectivity index (χ3v) is 4.77. The van der Waals surface area contributed by atoms with Gasteiger partial charge in [0.1, 0.15) is 17.7 Å². The van der Waals surface area contributed by atoms with E-state index < -0.39 is 29.8 Å². The molecule has 0 aliphatic carbocycles. The maximum atomic E-state index is 13.8. The van der Waals surface area contributed by atoms with Crippen LogP contribution in [-0.2, 0) is 23.0 Å². The molecule has 3 aromatic rings. The van der Waals surface area contributed by atoms with Crippen LogP contribution in [0.5, 0.6) is 0 Å². The summed E-state index contributed by atoms with van der Waals surface area (Å²) in [6, 6.07) is 12.3. The number of aromatic nitrogens is 2. The number of fused-ring (bicyclic) bond motifs is 1. The van der Waals surface area contributed by atoms with Crippen LogP contribution < -0.4 is 5.32 Å². The number of rotatable bonds is 4. The topological polar surface area (TPSA) is 73.2 Å². The number of aryl methyl sites for hydroxylation is 1. The van der Waals surface area contributed by atoms with Crippen molar-refractivity contribution in [2.45, 2.75) is 18.6 Å². The minimum absolute atomic E-state index is 0.282. The number of hydrogen-bond donors (Lipinski definition) is 1. The van der Waals surface area contributed by atoms with Gasteiger partial charge in [0, 0.05) is 25.9 Å². The molecule has 2 aromatic carbocycles. The average molecular weight is 379 g/mol. The first-order valence-corrected chi connectivity index (χ1v) is 8.85. The number of nitrogens with one attached hydrogen (secondary N) is 1. The van der Waals surface area contributed by atoms with Gasteiger partial charge in [0.2, 0.25) is 0 Å². The Labute approximate surface area is 161 Å². The smallest absolute Gasteiger partial charge is 0.339 e. The van der Waals surface area contributed by atoms with Crippen molar-refractivity contribution in [3.8, 4) is 0 Å². The number of hydrogen-bond acceptors (Lipinski definition) is 4. The number of halogens is 1. The van der Waals surface area contributed by atoms with Crippen molar-refractivity contribution in [2.24, 2.45) is 7.05 Å². The Morgan fingerprint density at radius 2 is 2.11 bits per heavy atom. The van der Waals surface area contributed by atoms with E-state index in [0.29, 0.717) is 17.0 Å². The third kappa shape index (κ3) is 3.38. The van der Waals surface area contributed by atoms with Gasteiger partial charge < -0.3 is 14.6 Å². The first kappa shape index (κ1) is 17.9. The van der Waals surface area contributed by atoms with E-state index >= 15 is 0 Å². The van der Waals surface area contributed by atoms with Gasteiger partial charge in [-0.25, -0.2) is 14.2 Å². The second-order valence-electron chi connectivity index (χ2n) is 6.65. The van der Waals surface area contributed by atoms with E-state index in [4.69, 9.17) is 4.74 Å². The molecule has 1 N–H and O–H groups in total. The third-order valence-electron chi connectivity index (χ3n) is 4.77. The van der Waals surface area contributed by atoms with Crippen molar-refractivity contribution < 1.29 is 18.7 Å². The number of cyclic esters (lactones) is 1. The van der Waals surface area contributed by atoms with Crippen molar-refractivity contribution in [1.82, 2.24) is 14.9 Å². The molecule has 0 saturated carbocycles. The van der Waals surface area contributed by atoms with Gasteiger partial charge in [-0.15, -0.1) is 0 Å². The molecule has 28 heavy (non-hydrogen) atoms. The first-order chi connectivity index (χ1) is 13.5. The maximum absolute atomic E-state index is 13.8. The Bertz CT molecular complexity index is 1050. The van der Waals surface area contributed by atoms with E-state index in [1.54, 1.807) is 54.3 Å². The molecule has 0 saturated heterocycles. The summed E-state index contributed by atoms with van der Waals surface area (Å²) in [7, 11) is 1.79. The molecule has 0 radical (unpaired) electrons. The number of imidazole rings is 1. The van der Waals surface area contributed by atoms with Gasteiger partial charge in [0.15, 0.2) is 6.10 Å². The summed E-state index contributed by atoms with van der Waals surface area (Å²) in [5, 5.41) is 2.86. The highest BCUT2D eigenvalue weighted by Crippen LogP contribution is 2.24. The molecule has 0 bridgehead atoms. The molecule has 4 rings (SSSR count). The van der Waals surface area contributed by atoms with E-state index in [9.17, 15) is 14.0 Å². The van der Waals surface area contributed by atoms with E-state index in [-0.39, 0.29) is 6.42 Å². The summed E-state index contributed by atoms with van der Waals surface area (Å²) in [6.45, 7) is 0. The molecule has 2 atom stereocenters. The van der Waals surface area contributed by atoms with E-state index in [2.05, 4.69) is 10.3 Å². The van der Waals surface area contributed by atoms with Crippen LogP contribution in [0.25, 0.3) is 0 Å². The van der Waals surface area contributed by atoms with E-state index in [1.807, 2.05) is 6.07 Å². The van der Waals surface area contributed by atoms with Crippen molar-refractivity contribution in [2.75, 3.05) is 0 Å². The van der Waals surface area contributed by atoms with E-state index in [0.717, 1.165) is 5.56 Å². The lowest BCUT2D eigenvalue weighted by Gasteiger charge is -2.26. The molecular weight excluding hydrogens is 361 g/mol. The van der Waals surface area contributed by atoms with Crippen molar-refractivity contribution in [1.29, 1.82) is 0 Å². The SMILES string of the molecule is Cn1ccnc1[C@@H](NC(=O)[C@H]1Cc2ccccc2C(=O)O1)c1cccc(F)c1.